The number of rotatable bonds is 19. The van der Waals surface area contributed by atoms with Gasteiger partial charge in [-0.25, -0.2) is 14.4 Å². The summed E-state index contributed by atoms with van der Waals surface area (Å²) in [5.74, 6) is -2.70. The van der Waals surface area contributed by atoms with Gasteiger partial charge in [0.25, 0.3) is 0 Å². The van der Waals surface area contributed by atoms with E-state index >= 15 is 0 Å². The fraction of sp³-hybridized carbons (Fsp3) is 0.400. The summed E-state index contributed by atoms with van der Waals surface area (Å²) >= 11 is 0. The number of nitrogens with one attached hydrogen (secondary N) is 3. The molecule has 1 heterocycles. The van der Waals surface area contributed by atoms with Gasteiger partial charge in [-0.05, 0) is 101 Å². The zero-order valence-electron chi connectivity index (χ0n) is 36.9. The summed E-state index contributed by atoms with van der Waals surface area (Å²) in [6.45, 7) is 8.86. The van der Waals surface area contributed by atoms with Crippen molar-refractivity contribution in [2.45, 2.75) is 115 Å². The van der Waals surface area contributed by atoms with Crippen LogP contribution in [0, 0.1) is 0 Å². The van der Waals surface area contributed by atoms with Gasteiger partial charge in [0.2, 0.25) is 17.7 Å². The van der Waals surface area contributed by atoms with Gasteiger partial charge in [0, 0.05) is 13.0 Å². The number of amides is 4. The lowest BCUT2D eigenvalue weighted by Gasteiger charge is -2.34. The third-order valence-electron chi connectivity index (χ3n) is 10.9. The average Bonchev–Trinajstić information content (AvgIpc) is 3.78. The van der Waals surface area contributed by atoms with Crippen LogP contribution in [0.4, 0.5) is 4.79 Å². The number of nitrogens with zero attached hydrogens (tertiary/aromatic N) is 1. The minimum absolute atomic E-state index is 0.0617. The van der Waals surface area contributed by atoms with Crippen LogP contribution >= 0.6 is 0 Å². The molecule has 1 aliphatic rings. The maximum Gasteiger partial charge on any atom is 0.408 e. The lowest BCUT2D eigenvalue weighted by Crippen LogP contribution is -2.63. The fourth-order valence-corrected chi connectivity index (χ4v) is 7.17. The van der Waals surface area contributed by atoms with Crippen LogP contribution in [0.15, 0.2) is 115 Å². The molecule has 1 fully saturated rings. The zero-order chi connectivity index (χ0) is 45.4. The normalized spacial score (nSPS) is 15.5. The second kappa shape index (κ2) is 22.6. The van der Waals surface area contributed by atoms with E-state index in [4.69, 9.17) is 14.2 Å². The third kappa shape index (κ3) is 14.3. The first-order chi connectivity index (χ1) is 30.2. The van der Waals surface area contributed by atoms with E-state index in [1.54, 1.807) is 65.0 Å². The number of likely N-dealkylation sites (tertiary alicyclic amines) is 1. The molecule has 0 unspecified atom stereocenters. The van der Waals surface area contributed by atoms with Crippen molar-refractivity contribution in [3.05, 3.63) is 132 Å². The Morgan fingerprint density at radius 2 is 1.33 bits per heavy atom. The molecule has 0 radical (unpaired) electrons. The number of unbranched alkanes of at least 4 members (excludes halogenated alkanes) is 1. The summed E-state index contributed by atoms with van der Waals surface area (Å²) in [5.41, 5.74) is 1.64. The van der Waals surface area contributed by atoms with Gasteiger partial charge in [-0.15, -0.1) is 0 Å². The monoisotopic (exact) mass is 860 g/mol. The largest absolute Gasteiger partial charge is 0.462 e. The fourth-order valence-electron chi connectivity index (χ4n) is 7.17. The number of benzene rings is 4. The molecule has 13 nitrogen and oxygen atoms in total. The minimum Gasteiger partial charge on any atom is -0.462 e. The van der Waals surface area contributed by atoms with Gasteiger partial charge in [-0.3, -0.25) is 14.4 Å². The van der Waals surface area contributed by atoms with Gasteiger partial charge in [-0.2, -0.15) is 0 Å². The molecular formula is C50H60N4O9. The van der Waals surface area contributed by atoms with Crippen molar-refractivity contribution in [3.8, 4) is 11.1 Å². The molecule has 0 bridgehead atoms. The third-order valence-corrected chi connectivity index (χ3v) is 10.9. The topological polar surface area (TPSA) is 169 Å². The molecule has 4 amide bonds. The lowest BCUT2D eigenvalue weighted by molar-refractivity contribution is -0.155. The van der Waals surface area contributed by atoms with Crippen molar-refractivity contribution in [1.82, 2.24) is 20.9 Å². The van der Waals surface area contributed by atoms with Gasteiger partial charge in [0.1, 0.15) is 35.9 Å². The molecule has 3 N–H and O–H groups in total. The van der Waals surface area contributed by atoms with Crippen LogP contribution in [0.2, 0.25) is 0 Å². The number of hydrogen-bond donors (Lipinski definition) is 3. The highest BCUT2D eigenvalue weighted by Gasteiger charge is 2.42. The Kier molecular flexibility index (Phi) is 17.0. The molecule has 1 saturated heterocycles. The predicted molar refractivity (Wildman–Crippen MR) is 239 cm³/mol. The number of carbonyl (C=O) groups is 6. The van der Waals surface area contributed by atoms with E-state index in [9.17, 15) is 28.8 Å². The van der Waals surface area contributed by atoms with Crippen LogP contribution < -0.4 is 16.0 Å². The van der Waals surface area contributed by atoms with Gasteiger partial charge in [-0.1, -0.05) is 110 Å². The van der Waals surface area contributed by atoms with Gasteiger partial charge >= 0.3 is 18.0 Å². The number of ether oxygens (including phenoxy) is 3. The maximum atomic E-state index is 14.6. The molecular weight excluding hydrogens is 801 g/mol. The summed E-state index contributed by atoms with van der Waals surface area (Å²) in [7, 11) is 0. The summed E-state index contributed by atoms with van der Waals surface area (Å²) in [5, 5.41) is 8.44. The van der Waals surface area contributed by atoms with Crippen LogP contribution in [-0.4, -0.2) is 83.1 Å². The number of hydrogen-bond acceptors (Lipinski definition) is 9. The molecule has 13 heteroatoms. The van der Waals surface area contributed by atoms with Crippen molar-refractivity contribution in [2.24, 2.45) is 0 Å². The molecule has 1 aliphatic heterocycles. The molecule has 0 spiro atoms. The standard InChI is InChI=1S/C50H60N4O9/c1-6-50(5,53-43(55)40(52-48(60)63-49(2,3)4)25-16-17-32-61-45(57)39-23-14-9-15-24-39)47(59)51-41(33-35-27-29-38(30-28-35)37-21-12-8-13-22-37)44(56)54-31-18-26-42(54)46(58)62-34-36-19-10-7-11-20-36/h7-15,19-24,27-30,40-42H,6,16-18,25-26,31-34H2,1-5H3,(H,51,59)(H,52,60)(H,53,55)/t40-,41-,42+,50+/m0/s1. The van der Waals surface area contributed by atoms with Crippen LogP contribution in [0.1, 0.15) is 94.6 Å². The highest BCUT2D eigenvalue weighted by atomic mass is 16.6. The van der Waals surface area contributed by atoms with Crippen LogP contribution in [0.3, 0.4) is 0 Å². The Morgan fingerprint density at radius 3 is 1.97 bits per heavy atom. The number of esters is 2. The van der Waals surface area contributed by atoms with E-state index in [-0.39, 0.29) is 32.5 Å². The van der Waals surface area contributed by atoms with E-state index < -0.39 is 65.0 Å². The van der Waals surface area contributed by atoms with Crippen LogP contribution in [0.25, 0.3) is 11.1 Å². The minimum atomic E-state index is -1.54. The van der Waals surface area contributed by atoms with E-state index in [0.29, 0.717) is 37.8 Å². The second-order valence-electron chi connectivity index (χ2n) is 16.9. The Labute approximate surface area is 370 Å². The summed E-state index contributed by atoms with van der Waals surface area (Å²) in [6.07, 6.45) is 1.34. The Bertz CT molecular complexity index is 2140. The zero-order valence-corrected chi connectivity index (χ0v) is 36.9. The van der Waals surface area contributed by atoms with Crippen LogP contribution in [-0.2, 0) is 46.4 Å². The van der Waals surface area contributed by atoms with E-state index in [1.165, 1.54) is 4.90 Å². The molecule has 0 aliphatic carbocycles. The van der Waals surface area contributed by atoms with Crippen molar-refractivity contribution in [3.63, 3.8) is 0 Å². The van der Waals surface area contributed by atoms with Crippen molar-refractivity contribution in [1.29, 1.82) is 0 Å². The summed E-state index contributed by atoms with van der Waals surface area (Å²) in [6, 6.07) is 32.4. The van der Waals surface area contributed by atoms with E-state index in [1.807, 2.05) is 84.9 Å². The Morgan fingerprint density at radius 1 is 0.714 bits per heavy atom. The molecule has 334 valence electrons. The van der Waals surface area contributed by atoms with Crippen molar-refractivity contribution < 1.29 is 43.0 Å². The highest BCUT2D eigenvalue weighted by Crippen LogP contribution is 2.24. The average molecular weight is 861 g/mol. The SMILES string of the molecule is CC[C@@](C)(NC(=O)[C@H](CCCCOC(=O)c1ccccc1)NC(=O)OC(C)(C)C)C(=O)N[C@@H](Cc1ccc(-c2ccccc2)cc1)C(=O)N1CCC[C@@H]1C(=O)OCc1ccccc1. The number of alkyl carbamates (subject to hydrolysis) is 1. The van der Waals surface area contributed by atoms with Crippen LogP contribution in [0.5, 0.6) is 0 Å². The molecule has 0 saturated carbocycles. The van der Waals surface area contributed by atoms with Gasteiger partial charge in [0.15, 0.2) is 0 Å². The van der Waals surface area contributed by atoms with Gasteiger partial charge < -0.3 is 35.1 Å². The molecule has 0 aromatic heterocycles. The predicted octanol–water partition coefficient (Wildman–Crippen LogP) is 7.32. The second-order valence-corrected chi connectivity index (χ2v) is 16.9. The van der Waals surface area contributed by atoms with Crippen molar-refractivity contribution in [2.75, 3.05) is 13.2 Å². The molecule has 63 heavy (non-hydrogen) atoms. The first-order valence-electron chi connectivity index (χ1n) is 21.7. The molecule has 5 rings (SSSR count). The molecule has 4 aromatic carbocycles. The first kappa shape index (κ1) is 47.5. The number of carbonyl (C=O) groups excluding carboxylic acids is 6. The van der Waals surface area contributed by atoms with Gasteiger partial charge in [0.05, 0.1) is 12.2 Å². The smallest absolute Gasteiger partial charge is 0.408 e. The first-order valence-corrected chi connectivity index (χ1v) is 21.7. The van der Waals surface area contributed by atoms with E-state index in [0.717, 1.165) is 22.3 Å². The van der Waals surface area contributed by atoms with E-state index in [2.05, 4.69) is 16.0 Å². The Hall–Kier alpha value is -6.50. The molecule has 4 atom stereocenters. The summed E-state index contributed by atoms with van der Waals surface area (Å²) in [4.78, 5) is 83.3. The van der Waals surface area contributed by atoms with Crippen molar-refractivity contribution >= 4 is 35.8 Å². The lowest BCUT2D eigenvalue weighted by atomic mass is 9.94. The maximum absolute atomic E-state index is 14.6. The Balaban J connectivity index is 1.31. The quantitative estimate of drug-likeness (QED) is 0.0497. The summed E-state index contributed by atoms with van der Waals surface area (Å²) < 4.78 is 16.5. The highest BCUT2D eigenvalue weighted by molar-refractivity contribution is 5.97. The molecule has 4 aromatic rings.